The average Bonchev–Trinajstić information content (AvgIpc) is 3.28. The summed E-state index contributed by atoms with van der Waals surface area (Å²) < 4.78 is 1.75. The molecule has 0 radical (unpaired) electrons. The fraction of sp³-hybridized carbons (Fsp3) is 0.154. The van der Waals surface area contributed by atoms with Gasteiger partial charge in [-0.15, -0.1) is 0 Å². The summed E-state index contributed by atoms with van der Waals surface area (Å²) in [4.78, 5) is 29.6. The number of ketones is 1. The van der Waals surface area contributed by atoms with Crippen LogP contribution in [-0.4, -0.2) is 32.9 Å². The molecule has 6 rings (SSSR count). The Balaban J connectivity index is 1.55. The number of carbonyl (C=O) groups excluding carboxylic acids is 1. The minimum Gasteiger partial charge on any atom is -0.346 e. The summed E-state index contributed by atoms with van der Waals surface area (Å²) >= 11 is 0. The van der Waals surface area contributed by atoms with Gasteiger partial charge in [-0.1, -0.05) is 56.3 Å². The van der Waals surface area contributed by atoms with Crippen molar-refractivity contribution in [3.05, 3.63) is 95.7 Å². The first-order valence-corrected chi connectivity index (χ1v) is 10.6. The Morgan fingerprint density at radius 1 is 1.00 bits per heavy atom. The Hall–Kier alpha value is -4.06. The quantitative estimate of drug-likeness (QED) is 0.451. The van der Waals surface area contributed by atoms with E-state index in [4.69, 9.17) is 4.99 Å². The highest BCUT2D eigenvalue weighted by Crippen LogP contribution is 2.46. The third-order valence-electron chi connectivity index (χ3n) is 6.53. The van der Waals surface area contributed by atoms with Gasteiger partial charge in [0.25, 0.3) is 0 Å². The molecule has 32 heavy (non-hydrogen) atoms. The molecule has 0 spiro atoms. The maximum absolute atomic E-state index is 13.7. The molecule has 0 bridgehead atoms. The van der Waals surface area contributed by atoms with Crippen LogP contribution in [0.25, 0.3) is 17.0 Å². The van der Waals surface area contributed by atoms with E-state index in [2.05, 4.69) is 46.9 Å². The molecule has 2 aromatic carbocycles. The van der Waals surface area contributed by atoms with Gasteiger partial charge in [-0.05, 0) is 17.7 Å². The lowest BCUT2D eigenvalue weighted by atomic mass is 9.84. The Morgan fingerprint density at radius 2 is 1.75 bits per heavy atom. The van der Waals surface area contributed by atoms with Crippen molar-refractivity contribution in [2.75, 3.05) is 11.9 Å². The van der Waals surface area contributed by atoms with Crippen molar-refractivity contribution in [1.29, 1.82) is 0 Å². The molecule has 6 nitrogen and oxygen atoms in total. The summed E-state index contributed by atoms with van der Waals surface area (Å²) in [7, 11) is 2.05. The van der Waals surface area contributed by atoms with Crippen LogP contribution in [0.3, 0.4) is 0 Å². The number of allylic oxidation sites excluding steroid dienone is 1. The normalized spacial score (nSPS) is 18.8. The number of hydrogen-bond donors (Lipinski definition) is 0. The third kappa shape index (κ3) is 2.40. The van der Waals surface area contributed by atoms with Gasteiger partial charge in [-0.25, -0.2) is 9.97 Å². The largest absolute Gasteiger partial charge is 0.346 e. The molecule has 0 saturated heterocycles. The number of aromatic nitrogens is 3. The monoisotopic (exact) mass is 419 g/mol. The maximum Gasteiger partial charge on any atom is 0.234 e. The van der Waals surface area contributed by atoms with Gasteiger partial charge in [-0.3, -0.25) is 14.2 Å². The Labute approximate surface area is 185 Å². The molecule has 0 saturated carbocycles. The van der Waals surface area contributed by atoms with Gasteiger partial charge in [-0.2, -0.15) is 0 Å². The Kier molecular flexibility index (Phi) is 3.78. The van der Waals surface area contributed by atoms with E-state index in [1.807, 2.05) is 49.8 Å². The van der Waals surface area contributed by atoms with Crippen LogP contribution in [0.4, 0.5) is 5.69 Å². The van der Waals surface area contributed by atoms with Gasteiger partial charge >= 0.3 is 0 Å². The minimum atomic E-state index is -0.217. The molecule has 0 unspecified atom stereocenters. The van der Waals surface area contributed by atoms with Gasteiger partial charge in [0, 0.05) is 53.6 Å². The molecular weight excluding hydrogens is 398 g/mol. The van der Waals surface area contributed by atoms with Crippen LogP contribution < -0.4 is 4.90 Å². The predicted octanol–water partition coefficient (Wildman–Crippen LogP) is 4.65. The van der Waals surface area contributed by atoms with E-state index in [9.17, 15) is 4.79 Å². The first-order valence-electron chi connectivity index (χ1n) is 10.6. The number of hydrogen-bond acceptors (Lipinski definition) is 5. The molecule has 4 aromatic rings. The number of likely N-dealkylation sites (N-methyl/N-ethyl adjacent to an activating group) is 1. The van der Waals surface area contributed by atoms with E-state index in [0.29, 0.717) is 22.9 Å². The number of rotatable bonds is 1. The lowest BCUT2D eigenvalue weighted by molar-refractivity contribution is 0.106. The highest BCUT2D eigenvalue weighted by atomic mass is 16.1. The Bertz CT molecular complexity index is 1490. The number of aliphatic imine (C=N–C) groups is 1. The van der Waals surface area contributed by atoms with E-state index < -0.39 is 0 Å². The third-order valence-corrected chi connectivity index (χ3v) is 6.53. The highest BCUT2D eigenvalue weighted by molar-refractivity contribution is 6.54. The lowest BCUT2D eigenvalue weighted by Gasteiger charge is -2.23. The van der Waals surface area contributed by atoms with Crippen molar-refractivity contribution in [2.24, 2.45) is 4.99 Å². The summed E-state index contributed by atoms with van der Waals surface area (Å²) in [6.07, 6.45) is 5.34. The molecule has 0 amide bonds. The number of para-hydroxylation sites is 1. The van der Waals surface area contributed by atoms with Gasteiger partial charge < -0.3 is 4.90 Å². The fourth-order valence-electron chi connectivity index (χ4n) is 4.91. The van der Waals surface area contributed by atoms with Crippen LogP contribution in [-0.2, 0) is 5.41 Å². The Morgan fingerprint density at radius 3 is 2.56 bits per heavy atom. The molecule has 0 N–H and O–H groups in total. The van der Waals surface area contributed by atoms with E-state index in [1.165, 1.54) is 5.56 Å². The molecular formula is C26H21N5O. The second-order valence-electron chi connectivity index (χ2n) is 8.67. The first-order chi connectivity index (χ1) is 15.5. The van der Waals surface area contributed by atoms with Crippen LogP contribution in [0.5, 0.6) is 0 Å². The average molecular weight is 419 g/mol. The van der Waals surface area contributed by atoms with Crippen molar-refractivity contribution in [1.82, 2.24) is 14.4 Å². The molecule has 0 atom stereocenters. The number of nitrogens with zero attached hydrogens (tertiary/aromatic N) is 5. The first kappa shape index (κ1) is 18.7. The van der Waals surface area contributed by atoms with Crippen LogP contribution in [0.1, 0.15) is 35.5 Å². The van der Waals surface area contributed by atoms with Crippen LogP contribution in [0.15, 0.2) is 83.9 Å². The van der Waals surface area contributed by atoms with Gasteiger partial charge in [0.05, 0.1) is 0 Å². The van der Waals surface area contributed by atoms with Gasteiger partial charge in [0.1, 0.15) is 17.1 Å². The molecule has 6 heteroatoms. The zero-order valence-corrected chi connectivity index (χ0v) is 18.1. The van der Waals surface area contributed by atoms with Crippen molar-refractivity contribution >= 4 is 23.0 Å². The zero-order valence-electron chi connectivity index (χ0n) is 18.1. The van der Waals surface area contributed by atoms with E-state index >= 15 is 0 Å². The number of Topliss-reactive ketones (excluding diaryl/α,β-unsaturated/α-hetero) is 1. The number of anilines is 1. The molecule has 1 aliphatic heterocycles. The number of fused-ring (bicyclic) bond motifs is 6. The summed E-state index contributed by atoms with van der Waals surface area (Å²) in [5, 5.41) is 0. The molecule has 156 valence electrons. The van der Waals surface area contributed by atoms with Crippen molar-refractivity contribution < 1.29 is 4.79 Å². The maximum atomic E-state index is 13.7. The zero-order chi connectivity index (χ0) is 22.0. The van der Waals surface area contributed by atoms with E-state index in [1.54, 1.807) is 16.7 Å². The molecule has 0 fully saturated rings. The second-order valence-corrected chi connectivity index (χ2v) is 8.67. The standard InChI is InChI=1S/C26H21N5O/c1-26(2)18-11-6-7-12-19(18)30(3)20(26)15-28-22-17-10-5-4-9-16(17)21-23(24(22)32)31-14-8-13-27-25(31)29-21/h4-15H,1-3H3/b20-15-,28-22?. The summed E-state index contributed by atoms with van der Waals surface area (Å²) in [6.45, 7) is 4.37. The summed E-state index contributed by atoms with van der Waals surface area (Å²) in [5.74, 6) is 0.361. The lowest BCUT2D eigenvalue weighted by Crippen LogP contribution is -2.25. The van der Waals surface area contributed by atoms with E-state index in [0.717, 1.165) is 22.5 Å². The van der Waals surface area contributed by atoms with Crippen molar-refractivity contribution in [2.45, 2.75) is 19.3 Å². The SMILES string of the molecule is CN1/C(=C\N=C2C(=O)c3c(nc4ncccn34)-c3ccccc32)C(C)(C)c2ccccc21. The van der Waals surface area contributed by atoms with Crippen LogP contribution >= 0.6 is 0 Å². The second kappa shape index (κ2) is 6.47. The van der Waals surface area contributed by atoms with Crippen molar-refractivity contribution in [3.8, 4) is 11.3 Å². The van der Waals surface area contributed by atoms with Gasteiger partial charge in [0.2, 0.25) is 11.6 Å². The molecule has 3 heterocycles. The number of imidazole rings is 1. The number of carbonyl (C=O) groups is 1. The number of benzene rings is 2. The molecule has 2 aromatic heterocycles. The van der Waals surface area contributed by atoms with Gasteiger partial charge in [0.15, 0.2) is 0 Å². The molecule has 2 aliphatic rings. The van der Waals surface area contributed by atoms with Crippen molar-refractivity contribution in [3.63, 3.8) is 0 Å². The highest BCUT2D eigenvalue weighted by Gasteiger charge is 2.39. The minimum absolute atomic E-state index is 0.146. The summed E-state index contributed by atoms with van der Waals surface area (Å²) in [5.41, 5.74) is 6.51. The molecule has 1 aliphatic carbocycles. The van der Waals surface area contributed by atoms with Crippen LogP contribution in [0, 0.1) is 0 Å². The smallest absolute Gasteiger partial charge is 0.234 e. The topological polar surface area (TPSA) is 62.9 Å². The fourth-order valence-corrected chi connectivity index (χ4v) is 4.91. The summed E-state index contributed by atoms with van der Waals surface area (Å²) in [6, 6.07) is 18.0. The van der Waals surface area contributed by atoms with E-state index in [-0.39, 0.29) is 11.2 Å². The van der Waals surface area contributed by atoms with Crippen LogP contribution in [0.2, 0.25) is 0 Å². The predicted molar refractivity (Wildman–Crippen MR) is 125 cm³/mol.